The van der Waals surface area contributed by atoms with E-state index in [-0.39, 0.29) is 25.5 Å². The third-order valence-corrected chi connectivity index (χ3v) is 13.6. The fourth-order valence-electron chi connectivity index (χ4n) is 8.35. The zero-order valence-electron chi connectivity index (χ0n) is 31.3. The van der Waals surface area contributed by atoms with Crippen molar-refractivity contribution in [3.63, 3.8) is 0 Å². The minimum Gasteiger partial charge on any atom is -0.446 e. The van der Waals surface area contributed by atoms with Crippen molar-refractivity contribution in [2.75, 3.05) is 6.54 Å². The highest BCUT2D eigenvalue weighted by atomic mass is 32.2. The molecule has 2 aliphatic heterocycles. The van der Waals surface area contributed by atoms with Gasteiger partial charge < -0.3 is 20.3 Å². The maximum absolute atomic E-state index is 14.7. The van der Waals surface area contributed by atoms with Gasteiger partial charge in [0.25, 0.3) is 5.91 Å². The highest BCUT2D eigenvalue weighted by Crippen LogP contribution is 2.46. The van der Waals surface area contributed by atoms with Crippen molar-refractivity contribution < 1.29 is 32.3 Å². The number of carbonyl (C=O) groups excluding carboxylic acids is 4. The lowest BCUT2D eigenvalue weighted by atomic mass is 10.0. The Balaban J connectivity index is 1.13. The van der Waals surface area contributed by atoms with Gasteiger partial charge in [0.1, 0.15) is 35.1 Å². The zero-order valence-corrected chi connectivity index (χ0v) is 32.2. The molecule has 1 saturated heterocycles. The SMILES string of the molecule is O=C(N[C@@H]1CCCCC/C=C/[C@@H]2C[C@@]2(C(=O)NS(=O)(=O)C2CC2)NC(=O)[C@@H]2C[C@@H](n3nc(-c4ccccc4)c(-c4ccccc4)n3)CN2C1=O)OC1CCCC1. The molecule has 56 heavy (non-hydrogen) atoms. The molecule has 4 fully saturated rings. The fourth-order valence-corrected chi connectivity index (χ4v) is 9.71. The number of benzene rings is 2. The number of aromatic nitrogens is 3. The van der Waals surface area contributed by atoms with Gasteiger partial charge in [0.2, 0.25) is 21.8 Å². The van der Waals surface area contributed by atoms with Gasteiger partial charge in [-0.15, -0.1) is 0 Å². The number of sulfonamides is 1. The number of ether oxygens (including phenoxy) is 1. The number of allylic oxidation sites excluding steroid dienone is 1. The van der Waals surface area contributed by atoms with E-state index in [2.05, 4.69) is 15.4 Å². The van der Waals surface area contributed by atoms with Gasteiger partial charge in [-0.3, -0.25) is 19.1 Å². The third kappa shape index (κ3) is 8.09. The highest BCUT2D eigenvalue weighted by Gasteiger charge is 2.62. The molecule has 0 spiro atoms. The average Bonchev–Trinajstić information content (AvgIpc) is 3.97. The average molecular weight is 784 g/mol. The van der Waals surface area contributed by atoms with E-state index in [1.54, 1.807) is 4.80 Å². The number of nitrogens with zero attached hydrogens (tertiary/aromatic N) is 4. The Labute approximate surface area is 326 Å². The van der Waals surface area contributed by atoms with Crippen LogP contribution in [0.1, 0.15) is 89.5 Å². The standard InChI is InChI=1S/C41H49N7O7S/c49-37-34-24-30(48-44-35(27-14-6-4-7-15-27)36(45-48)28-16-8-5-9-17-28)26-47(34)38(50)33(42-40(52)55-31-19-12-13-20-31)21-11-3-1-2-10-18-29-25-41(29,43-37)39(51)46-56(53,54)32-22-23-32/h4-10,14-18,29-34H,1-3,11-13,19-26H2,(H,42,52)(H,43,49)(H,46,51)/b18-10+/t29-,30-,33-,34+,41-/m1/s1. The van der Waals surface area contributed by atoms with E-state index in [4.69, 9.17) is 14.9 Å². The van der Waals surface area contributed by atoms with Crippen LogP contribution < -0.4 is 15.4 Å². The van der Waals surface area contributed by atoms with Gasteiger partial charge in [0, 0.05) is 30.0 Å². The van der Waals surface area contributed by atoms with Crippen LogP contribution in [0.15, 0.2) is 72.8 Å². The lowest BCUT2D eigenvalue weighted by Crippen LogP contribution is -2.58. The molecule has 15 heteroatoms. The smallest absolute Gasteiger partial charge is 0.408 e. The van der Waals surface area contributed by atoms with Crippen molar-refractivity contribution >= 4 is 33.8 Å². The summed E-state index contributed by atoms with van der Waals surface area (Å²) in [6, 6.07) is 16.8. The monoisotopic (exact) mass is 783 g/mol. The normalized spacial score (nSPS) is 27.9. The predicted octanol–water partition coefficient (Wildman–Crippen LogP) is 4.80. The van der Waals surface area contributed by atoms with Gasteiger partial charge in [-0.05, 0) is 64.2 Å². The summed E-state index contributed by atoms with van der Waals surface area (Å²) in [6.07, 6.45) is 11.1. The number of fused-ring (bicyclic) bond motifs is 2. The Morgan fingerprint density at radius 2 is 1.48 bits per heavy atom. The first-order chi connectivity index (χ1) is 27.1. The summed E-state index contributed by atoms with van der Waals surface area (Å²) in [4.78, 5) is 59.3. The molecule has 0 radical (unpaired) electrons. The van der Waals surface area contributed by atoms with Crippen molar-refractivity contribution in [3.8, 4) is 22.5 Å². The van der Waals surface area contributed by atoms with Crippen LogP contribution in [0.4, 0.5) is 4.79 Å². The lowest BCUT2D eigenvalue weighted by molar-refractivity contribution is -0.141. The summed E-state index contributed by atoms with van der Waals surface area (Å²) >= 11 is 0. The fraction of sp³-hybridized carbons (Fsp3) is 0.512. The number of nitrogens with one attached hydrogen (secondary N) is 3. The summed E-state index contributed by atoms with van der Waals surface area (Å²) in [5.74, 6) is -2.21. The van der Waals surface area contributed by atoms with Crippen molar-refractivity contribution in [2.45, 2.75) is 118 Å². The van der Waals surface area contributed by atoms with E-state index in [9.17, 15) is 27.6 Å². The topological polar surface area (TPSA) is 182 Å². The molecule has 5 atom stereocenters. The summed E-state index contributed by atoms with van der Waals surface area (Å²) in [6.45, 7) is 0.0580. The number of hydrogen-bond donors (Lipinski definition) is 3. The summed E-state index contributed by atoms with van der Waals surface area (Å²) in [7, 11) is -3.89. The van der Waals surface area contributed by atoms with Crippen LogP contribution in [0.25, 0.3) is 22.5 Å². The molecular formula is C41H49N7O7S. The van der Waals surface area contributed by atoms with Crippen LogP contribution in [0.5, 0.6) is 0 Å². The molecule has 3 aromatic rings. The molecule has 4 amide bonds. The molecule has 0 bridgehead atoms. The van der Waals surface area contributed by atoms with Crippen molar-refractivity contribution in [1.29, 1.82) is 0 Å². The van der Waals surface area contributed by atoms with Gasteiger partial charge in [0.05, 0.1) is 11.3 Å². The van der Waals surface area contributed by atoms with Crippen LogP contribution in [-0.4, -0.2) is 87.6 Å². The van der Waals surface area contributed by atoms with E-state index in [0.717, 1.165) is 49.7 Å². The molecule has 0 unspecified atom stereocenters. The molecule has 3 N–H and O–H groups in total. The summed E-state index contributed by atoms with van der Waals surface area (Å²) in [5, 5.41) is 15.1. The Bertz CT molecular complexity index is 2030. The second-order valence-corrected chi connectivity index (χ2v) is 17.8. The first kappa shape index (κ1) is 37.9. The number of amides is 4. The van der Waals surface area contributed by atoms with E-state index in [0.29, 0.717) is 43.5 Å². The summed E-state index contributed by atoms with van der Waals surface area (Å²) in [5.41, 5.74) is 1.51. The van der Waals surface area contributed by atoms with E-state index in [1.165, 1.54) is 4.90 Å². The van der Waals surface area contributed by atoms with Crippen LogP contribution in [-0.2, 0) is 29.1 Å². The van der Waals surface area contributed by atoms with Gasteiger partial charge in [-0.1, -0.05) is 85.7 Å². The maximum Gasteiger partial charge on any atom is 0.408 e. The molecule has 2 aromatic carbocycles. The number of rotatable bonds is 8. The predicted molar refractivity (Wildman–Crippen MR) is 207 cm³/mol. The van der Waals surface area contributed by atoms with Crippen LogP contribution in [0, 0.1) is 5.92 Å². The minimum atomic E-state index is -3.89. The summed E-state index contributed by atoms with van der Waals surface area (Å²) < 4.78 is 33.8. The largest absolute Gasteiger partial charge is 0.446 e. The number of alkyl carbamates (subject to hydrolysis) is 1. The second kappa shape index (κ2) is 15.8. The maximum atomic E-state index is 14.7. The van der Waals surface area contributed by atoms with Gasteiger partial charge in [-0.2, -0.15) is 15.0 Å². The van der Waals surface area contributed by atoms with Crippen molar-refractivity contribution in [1.82, 2.24) is 35.2 Å². The molecule has 1 aromatic heterocycles. The Morgan fingerprint density at radius 1 is 0.839 bits per heavy atom. The van der Waals surface area contributed by atoms with E-state index in [1.807, 2.05) is 72.8 Å². The zero-order chi connectivity index (χ0) is 38.9. The minimum absolute atomic E-state index is 0.0580. The number of hydrogen-bond acceptors (Lipinski definition) is 9. The molecule has 296 valence electrons. The molecule has 8 rings (SSSR count). The second-order valence-electron chi connectivity index (χ2n) is 15.9. The third-order valence-electron chi connectivity index (χ3n) is 11.8. The molecule has 3 heterocycles. The quantitative estimate of drug-likeness (QED) is 0.271. The van der Waals surface area contributed by atoms with E-state index >= 15 is 0 Å². The van der Waals surface area contributed by atoms with Crippen molar-refractivity contribution in [2.24, 2.45) is 5.92 Å². The van der Waals surface area contributed by atoms with Gasteiger partial charge >= 0.3 is 6.09 Å². The highest BCUT2D eigenvalue weighted by molar-refractivity contribution is 7.91. The lowest BCUT2D eigenvalue weighted by Gasteiger charge is -2.30. The Morgan fingerprint density at radius 3 is 2.12 bits per heavy atom. The van der Waals surface area contributed by atoms with E-state index < -0.39 is 68.7 Å². The first-order valence-corrected chi connectivity index (χ1v) is 21.6. The van der Waals surface area contributed by atoms with Crippen molar-refractivity contribution in [3.05, 3.63) is 72.8 Å². The Hall–Kier alpha value is -5.05. The van der Waals surface area contributed by atoms with Gasteiger partial charge in [0.15, 0.2) is 0 Å². The van der Waals surface area contributed by atoms with Gasteiger partial charge in [-0.25, -0.2) is 13.2 Å². The van der Waals surface area contributed by atoms with Crippen LogP contribution in [0.2, 0.25) is 0 Å². The van der Waals surface area contributed by atoms with Crippen LogP contribution in [0.3, 0.4) is 0 Å². The molecule has 3 aliphatic carbocycles. The number of carbonyl (C=O) groups is 4. The van der Waals surface area contributed by atoms with Crippen LogP contribution >= 0.6 is 0 Å². The molecule has 3 saturated carbocycles. The molecule has 14 nitrogen and oxygen atoms in total. The molecular weight excluding hydrogens is 735 g/mol. The molecule has 5 aliphatic rings. The first-order valence-electron chi connectivity index (χ1n) is 20.0. The Kier molecular flexibility index (Phi) is 10.7.